The van der Waals surface area contributed by atoms with E-state index < -0.39 is 60.4 Å². The first-order valence-electron chi connectivity index (χ1n) is 27.4. The van der Waals surface area contributed by atoms with Crippen molar-refractivity contribution in [2.75, 3.05) is 19.8 Å². The molecule has 0 bridgehead atoms. The minimum Gasteiger partial charge on any atom is -0.508 e. The molecule has 0 unspecified atom stereocenters. The average Bonchev–Trinajstić information content (AvgIpc) is 3.45. The van der Waals surface area contributed by atoms with Crippen LogP contribution in [0.25, 0.3) is 11.1 Å². The molecule has 13 heteroatoms. The molecule has 0 atom stereocenters. The molecule has 13 nitrogen and oxygen atoms in total. The van der Waals surface area contributed by atoms with Gasteiger partial charge < -0.3 is 50.0 Å². The summed E-state index contributed by atoms with van der Waals surface area (Å²) in [6.45, 7) is 20.8. The molecule has 8 rings (SSSR count). The summed E-state index contributed by atoms with van der Waals surface area (Å²) in [6.07, 6.45) is 0. The lowest BCUT2D eigenvalue weighted by atomic mass is 9.70. The van der Waals surface area contributed by atoms with Crippen LogP contribution in [0.4, 0.5) is 0 Å². The number of benzene rings is 8. The first-order valence-corrected chi connectivity index (χ1v) is 27.4. The number of carboxylic acid groups (broad SMARTS) is 3. The zero-order chi connectivity index (χ0) is 60.6. The lowest BCUT2D eigenvalue weighted by molar-refractivity contribution is -0.140. The van der Waals surface area contributed by atoms with Crippen molar-refractivity contribution in [3.8, 4) is 51.4 Å². The van der Waals surface area contributed by atoms with Crippen LogP contribution >= 0.6 is 0 Å². The lowest BCUT2D eigenvalue weighted by Crippen LogP contribution is -2.27. The molecular formula is C70H72O13. The Balaban J connectivity index is 1.44. The second-order valence-corrected chi connectivity index (χ2v) is 22.9. The second-order valence-electron chi connectivity index (χ2n) is 22.9. The van der Waals surface area contributed by atoms with Gasteiger partial charge in [-0.15, -0.1) is 0 Å². The molecule has 0 radical (unpaired) electrons. The quantitative estimate of drug-likeness (QED) is 0.0354. The Kier molecular flexibility index (Phi) is 17.1. The maximum absolute atomic E-state index is 12.8. The zero-order valence-electron chi connectivity index (χ0n) is 49.0. The van der Waals surface area contributed by atoms with Crippen LogP contribution in [-0.2, 0) is 25.2 Å². The van der Waals surface area contributed by atoms with Gasteiger partial charge in [0.05, 0.1) is 0 Å². The van der Waals surface area contributed by atoms with Gasteiger partial charge in [0.15, 0.2) is 19.8 Å². The summed E-state index contributed by atoms with van der Waals surface area (Å²) in [4.78, 5) is 37.3. The van der Waals surface area contributed by atoms with Crippen LogP contribution in [0.2, 0.25) is 0 Å². The fraction of sp³-hybridized carbons (Fsp3) is 0.271. The van der Waals surface area contributed by atoms with Crippen LogP contribution < -0.4 is 14.2 Å². The number of carbonyl (C=O) groups is 3. The highest BCUT2D eigenvalue weighted by Gasteiger charge is 2.38. The molecule has 83 heavy (non-hydrogen) atoms. The Hall–Kier alpha value is -9.23. The molecule has 8 aromatic rings. The number of phenolic OH excluding ortho intramolecular Hbond substituents is 4. The Morgan fingerprint density at radius 2 is 0.687 bits per heavy atom. The molecule has 0 aliphatic heterocycles. The summed E-state index contributed by atoms with van der Waals surface area (Å²) in [5, 5.41) is 74.2. The maximum atomic E-state index is 12.8. The normalized spacial score (nSPS) is 11.7. The van der Waals surface area contributed by atoms with E-state index in [4.69, 9.17) is 14.2 Å². The smallest absolute Gasteiger partial charge is 0.341 e. The van der Waals surface area contributed by atoms with Crippen molar-refractivity contribution < 1.29 is 64.3 Å². The van der Waals surface area contributed by atoms with Crippen molar-refractivity contribution in [3.05, 3.63) is 228 Å². The molecule has 0 aliphatic carbocycles. The van der Waals surface area contributed by atoms with Crippen LogP contribution in [0.15, 0.2) is 127 Å². The predicted octanol–water partition coefficient (Wildman–Crippen LogP) is 14.0. The molecule has 0 saturated carbocycles. The monoisotopic (exact) mass is 1120 g/mol. The maximum Gasteiger partial charge on any atom is 0.341 e. The van der Waals surface area contributed by atoms with Crippen molar-refractivity contribution in [1.82, 2.24) is 0 Å². The third-order valence-corrected chi connectivity index (χ3v) is 16.3. The minimum absolute atomic E-state index is 0.107. The SMILES string of the molecule is Cc1cc(C(c2cc(C)c(O)cc2C)c2cc(C(C)(C)c3cc(-c4ccccc4)cc(C(C)(C)c4ccc(OCC(=O)O)c(C(c5cc(C)c(O)cc5C)c5cc(C)c(O)cc5C)c4)c3OCC(=O)O)ccc2OCC(=O)O)c(C)cc1O. The molecule has 0 fully saturated rings. The van der Waals surface area contributed by atoms with Crippen LogP contribution in [0.3, 0.4) is 0 Å². The number of ether oxygens (including phenoxy) is 3. The Morgan fingerprint density at radius 3 is 1.00 bits per heavy atom. The number of carboxylic acids is 3. The third-order valence-electron chi connectivity index (χ3n) is 16.3. The Morgan fingerprint density at radius 1 is 0.373 bits per heavy atom. The van der Waals surface area contributed by atoms with Gasteiger partial charge in [-0.2, -0.15) is 0 Å². The van der Waals surface area contributed by atoms with E-state index in [1.165, 1.54) is 0 Å². The van der Waals surface area contributed by atoms with Gasteiger partial charge in [0.25, 0.3) is 0 Å². The molecule has 0 aliphatic rings. The number of aliphatic carboxylic acids is 3. The lowest BCUT2D eigenvalue weighted by Gasteiger charge is -2.36. The van der Waals surface area contributed by atoms with E-state index in [1.54, 1.807) is 64.1 Å². The number of hydrogen-bond donors (Lipinski definition) is 7. The topological polar surface area (TPSA) is 221 Å². The van der Waals surface area contributed by atoms with Crippen molar-refractivity contribution in [3.63, 3.8) is 0 Å². The van der Waals surface area contributed by atoms with Gasteiger partial charge in [-0.25, -0.2) is 14.4 Å². The molecule has 8 aromatic carbocycles. The summed E-state index contributed by atoms with van der Waals surface area (Å²) >= 11 is 0. The Bertz CT molecular complexity index is 3500. The van der Waals surface area contributed by atoms with E-state index in [0.717, 1.165) is 66.8 Å². The third kappa shape index (κ3) is 12.4. The molecule has 7 N–H and O–H groups in total. The standard InChI is InChI=1S/C70H72O13/c1-37-26-57(71)41(5)22-49(37)66(50-23-42(6)58(72)27-38(50)2)53-32-47(18-20-61(53)81-34-63(75)76)69(9,10)55-30-46(45-16-14-13-15-17-45)31-56(68(55)83-36-65(79)80)70(11,12)48-19-21-62(82-35-64(77)78)54(33-48)67(51-24-43(7)59(73)28-39(51)3)52-25-44(8)60(74)29-40(52)4/h13-33,66-67,71-74H,34-36H2,1-12H3,(H,75,76)(H,77,78)(H,79,80). The number of aryl methyl sites for hydroxylation is 8. The van der Waals surface area contributed by atoms with Crippen LogP contribution in [0.5, 0.6) is 40.2 Å². The second kappa shape index (κ2) is 23.7. The summed E-state index contributed by atoms with van der Waals surface area (Å²) in [5.41, 5.74) is 12.1. The van der Waals surface area contributed by atoms with Gasteiger partial charge in [-0.05, 0) is 193 Å². The number of hydrogen-bond acceptors (Lipinski definition) is 10. The first-order chi connectivity index (χ1) is 39.1. The first kappa shape index (κ1) is 59.9. The largest absolute Gasteiger partial charge is 0.508 e. The van der Waals surface area contributed by atoms with Gasteiger partial charge in [0.1, 0.15) is 40.2 Å². The highest BCUT2D eigenvalue weighted by Crippen LogP contribution is 2.52. The van der Waals surface area contributed by atoms with E-state index in [0.29, 0.717) is 50.3 Å². The van der Waals surface area contributed by atoms with Crippen LogP contribution in [0.1, 0.15) is 140 Å². The van der Waals surface area contributed by atoms with Gasteiger partial charge >= 0.3 is 17.9 Å². The summed E-state index contributed by atoms with van der Waals surface area (Å²) < 4.78 is 19.0. The predicted molar refractivity (Wildman–Crippen MR) is 321 cm³/mol. The number of rotatable bonds is 20. The molecule has 0 spiro atoms. The van der Waals surface area contributed by atoms with Gasteiger partial charge in [0.2, 0.25) is 0 Å². The van der Waals surface area contributed by atoms with Crippen molar-refractivity contribution in [2.24, 2.45) is 0 Å². The fourth-order valence-corrected chi connectivity index (χ4v) is 11.4. The zero-order valence-corrected chi connectivity index (χ0v) is 49.0. The van der Waals surface area contributed by atoms with Crippen molar-refractivity contribution in [2.45, 2.75) is 106 Å². The summed E-state index contributed by atoms with van der Waals surface area (Å²) in [7, 11) is 0. The molecule has 430 valence electrons. The van der Waals surface area contributed by atoms with Crippen molar-refractivity contribution in [1.29, 1.82) is 0 Å². The molecule has 0 amide bonds. The van der Waals surface area contributed by atoms with Crippen molar-refractivity contribution >= 4 is 17.9 Å². The van der Waals surface area contributed by atoms with E-state index in [1.807, 2.05) is 146 Å². The summed E-state index contributed by atoms with van der Waals surface area (Å²) in [5.74, 6) is -3.55. The van der Waals surface area contributed by atoms with Crippen LogP contribution in [-0.4, -0.2) is 73.5 Å². The van der Waals surface area contributed by atoms with E-state index in [-0.39, 0.29) is 34.5 Å². The van der Waals surface area contributed by atoms with E-state index in [9.17, 15) is 50.1 Å². The average molecular weight is 1120 g/mol. The fourth-order valence-electron chi connectivity index (χ4n) is 11.4. The molecule has 0 heterocycles. The van der Waals surface area contributed by atoms with E-state index in [2.05, 4.69) is 0 Å². The molecule has 0 saturated heterocycles. The number of phenols is 4. The number of aromatic hydroxyl groups is 4. The minimum atomic E-state index is -1.21. The molecule has 0 aromatic heterocycles. The van der Waals surface area contributed by atoms with Gasteiger partial charge in [0, 0.05) is 44.9 Å². The van der Waals surface area contributed by atoms with Crippen LogP contribution in [0, 0.1) is 55.4 Å². The summed E-state index contributed by atoms with van der Waals surface area (Å²) in [6, 6.07) is 39.4. The van der Waals surface area contributed by atoms with Gasteiger partial charge in [-0.1, -0.05) is 107 Å². The highest BCUT2D eigenvalue weighted by molar-refractivity contribution is 5.74. The van der Waals surface area contributed by atoms with Gasteiger partial charge in [-0.3, -0.25) is 0 Å². The Labute approximate surface area is 484 Å². The highest BCUT2D eigenvalue weighted by atomic mass is 16.5. The molecular weight excluding hydrogens is 1050 g/mol. The van der Waals surface area contributed by atoms with E-state index >= 15 is 0 Å².